The molecule has 4 aromatic heterocycles. The Labute approximate surface area is 220 Å². The van der Waals surface area contributed by atoms with Crippen LogP contribution in [0.1, 0.15) is 22.3 Å². The number of amides is 1. The van der Waals surface area contributed by atoms with Crippen LogP contribution in [0.2, 0.25) is 0 Å². The number of carbonyl (C=O) groups is 1. The van der Waals surface area contributed by atoms with E-state index in [1.807, 2.05) is 25.1 Å². The van der Waals surface area contributed by atoms with Crippen molar-refractivity contribution in [3.8, 4) is 5.82 Å². The van der Waals surface area contributed by atoms with Crippen LogP contribution in [0.25, 0.3) is 11.5 Å². The first-order chi connectivity index (χ1) is 18.3. The Hall–Kier alpha value is -3.84. The molecule has 2 aliphatic rings. The van der Waals surface area contributed by atoms with Gasteiger partial charge in [-0.1, -0.05) is 6.07 Å². The zero-order valence-corrected chi connectivity index (χ0v) is 21.9. The second-order valence-corrected chi connectivity index (χ2v) is 12.2. The van der Waals surface area contributed by atoms with Gasteiger partial charge in [-0.2, -0.15) is 9.78 Å². The van der Waals surface area contributed by atoms with Crippen molar-refractivity contribution in [3.63, 3.8) is 0 Å². The normalized spacial score (nSPS) is 19.7. The van der Waals surface area contributed by atoms with Gasteiger partial charge in [0.1, 0.15) is 11.4 Å². The fourth-order valence-electron chi connectivity index (χ4n) is 5.08. The first kappa shape index (κ1) is 24.5. The number of pyridine rings is 1. The van der Waals surface area contributed by atoms with Crippen molar-refractivity contribution in [2.24, 2.45) is 5.92 Å². The fourth-order valence-corrected chi connectivity index (χ4v) is 6.93. The molecule has 2 aliphatic heterocycles. The number of fused-ring (bicyclic) bond motifs is 1. The number of aryl methyl sites for hydroxylation is 1. The Morgan fingerprint density at radius 2 is 1.95 bits per heavy atom. The molecular weight excluding hydrogens is 506 g/mol. The molecule has 0 bridgehead atoms. The maximum atomic E-state index is 13.2. The lowest BCUT2D eigenvalue weighted by atomic mass is 10.1. The van der Waals surface area contributed by atoms with Crippen molar-refractivity contribution in [3.05, 3.63) is 60.2 Å². The number of hydrogen-bond donors (Lipinski definition) is 1. The van der Waals surface area contributed by atoms with Crippen molar-refractivity contribution < 1.29 is 13.2 Å². The summed E-state index contributed by atoms with van der Waals surface area (Å²) in [6, 6.07) is 7.43. The van der Waals surface area contributed by atoms with Gasteiger partial charge in [0.2, 0.25) is 0 Å². The van der Waals surface area contributed by atoms with Gasteiger partial charge in [-0.15, -0.1) is 5.10 Å². The van der Waals surface area contributed by atoms with Gasteiger partial charge in [-0.25, -0.2) is 22.9 Å². The highest BCUT2D eigenvalue weighted by atomic mass is 32.2. The number of nitrogens with zero attached hydrogens (tertiary/aromatic N) is 8. The minimum Gasteiger partial charge on any atom is -0.353 e. The van der Waals surface area contributed by atoms with Crippen molar-refractivity contribution in [2.75, 3.05) is 54.4 Å². The quantitative estimate of drug-likeness (QED) is 0.390. The molecule has 1 amide bonds. The number of piperazine rings is 1. The second-order valence-electron chi connectivity index (χ2n) is 9.95. The van der Waals surface area contributed by atoms with Gasteiger partial charge in [-0.05, 0) is 37.0 Å². The zero-order chi connectivity index (χ0) is 26.3. The molecular formula is C25H29N9O3S. The Kier molecular flexibility index (Phi) is 6.32. The second kappa shape index (κ2) is 9.80. The van der Waals surface area contributed by atoms with E-state index in [2.05, 4.69) is 30.2 Å². The maximum absolute atomic E-state index is 13.2. The van der Waals surface area contributed by atoms with Crippen LogP contribution >= 0.6 is 0 Å². The molecule has 13 heteroatoms. The number of anilines is 2. The molecule has 0 aromatic carbocycles. The van der Waals surface area contributed by atoms with Crippen LogP contribution < -0.4 is 10.2 Å². The van der Waals surface area contributed by atoms with Gasteiger partial charge in [0.15, 0.2) is 27.1 Å². The molecule has 0 saturated carbocycles. The molecule has 38 heavy (non-hydrogen) atoms. The van der Waals surface area contributed by atoms with Crippen LogP contribution in [0.5, 0.6) is 0 Å². The van der Waals surface area contributed by atoms with E-state index in [0.717, 1.165) is 50.5 Å². The number of nitrogens with one attached hydrogen (secondary N) is 1. The molecule has 198 valence electrons. The SMILES string of the molecule is Cc1ccc(-n2nc(N3CCN(CC4CCS(=O)(=O)C4)CC3)cc2NC(=O)c2cnn3cccnc23)nc1. The third-order valence-electron chi connectivity index (χ3n) is 7.11. The number of hydrogen-bond acceptors (Lipinski definition) is 9. The van der Waals surface area contributed by atoms with Crippen molar-refractivity contribution in [1.29, 1.82) is 0 Å². The summed E-state index contributed by atoms with van der Waals surface area (Å²) in [5, 5.41) is 12.0. The lowest BCUT2D eigenvalue weighted by Crippen LogP contribution is -2.48. The summed E-state index contributed by atoms with van der Waals surface area (Å²) in [5.74, 6) is 2.31. The van der Waals surface area contributed by atoms with E-state index in [0.29, 0.717) is 34.4 Å². The van der Waals surface area contributed by atoms with E-state index in [1.165, 1.54) is 6.20 Å². The number of aromatic nitrogens is 6. The van der Waals surface area contributed by atoms with Crippen LogP contribution in [0.4, 0.5) is 11.6 Å². The topological polar surface area (TPSA) is 131 Å². The van der Waals surface area contributed by atoms with Crippen LogP contribution in [0.3, 0.4) is 0 Å². The Balaban J connectivity index is 1.21. The maximum Gasteiger partial charge on any atom is 0.262 e. The summed E-state index contributed by atoms with van der Waals surface area (Å²) >= 11 is 0. The van der Waals surface area contributed by atoms with Gasteiger partial charge in [-0.3, -0.25) is 9.69 Å². The monoisotopic (exact) mass is 535 g/mol. The summed E-state index contributed by atoms with van der Waals surface area (Å²) in [5.41, 5.74) is 1.85. The smallest absolute Gasteiger partial charge is 0.262 e. The van der Waals surface area contributed by atoms with Crippen LogP contribution in [-0.2, 0) is 9.84 Å². The first-order valence-corrected chi connectivity index (χ1v) is 14.5. The van der Waals surface area contributed by atoms with E-state index in [9.17, 15) is 13.2 Å². The van der Waals surface area contributed by atoms with E-state index in [1.54, 1.807) is 33.9 Å². The third-order valence-corrected chi connectivity index (χ3v) is 8.95. The van der Waals surface area contributed by atoms with Gasteiger partial charge in [0, 0.05) is 57.4 Å². The molecule has 0 radical (unpaired) electrons. The summed E-state index contributed by atoms with van der Waals surface area (Å²) in [4.78, 5) is 26.5. The highest BCUT2D eigenvalue weighted by molar-refractivity contribution is 7.91. The number of rotatable bonds is 6. The molecule has 2 fully saturated rings. The lowest BCUT2D eigenvalue weighted by Gasteiger charge is -2.35. The van der Waals surface area contributed by atoms with Crippen LogP contribution in [0.15, 0.2) is 49.1 Å². The zero-order valence-electron chi connectivity index (χ0n) is 21.1. The standard InChI is InChI=1S/C25H29N9O3S/c1-18-3-4-21(27-14-18)34-22(29-25(35)20-15-28-33-7-2-6-26-24(20)33)13-23(30-34)32-10-8-31(9-11-32)16-19-5-12-38(36,37)17-19/h2-4,6-7,13-15,19H,5,8-12,16-17H2,1H3,(H,29,35). The molecule has 12 nitrogen and oxygen atoms in total. The van der Waals surface area contributed by atoms with Gasteiger partial charge < -0.3 is 10.2 Å². The molecule has 6 rings (SSSR count). The molecule has 1 unspecified atom stereocenters. The predicted molar refractivity (Wildman–Crippen MR) is 142 cm³/mol. The summed E-state index contributed by atoms with van der Waals surface area (Å²) < 4.78 is 26.8. The first-order valence-electron chi connectivity index (χ1n) is 12.7. The number of carbonyl (C=O) groups excluding carboxylic acids is 1. The van der Waals surface area contributed by atoms with Gasteiger partial charge in [0.05, 0.1) is 17.7 Å². The largest absolute Gasteiger partial charge is 0.353 e. The van der Waals surface area contributed by atoms with Crippen molar-refractivity contribution in [1.82, 2.24) is 34.3 Å². The Bertz CT molecular complexity index is 1570. The van der Waals surface area contributed by atoms with Gasteiger partial charge >= 0.3 is 0 Å². The molecule has 0 aliphatic carbocycles. The van der Waals surface area contributed by atoms with E-state index in [-0.39, 0.29) is 11.8 Å². The highest BCUT2D eigenvalue weighted by Gasteiger charge is 2.30. The van der Waals surface area contributed by atoms with Crippen molar-refractivity contribution >= 4 is 33.0 Å². The molecule has 1 N–H and O–H groups in total. The average Bonchev–Trinajstić information content (AvgIpc) is 3.61. The summed E-state index contributed by atoms with van der Waals surface area (Å²) in [6.07, 6.45) is 7.38. The molecule has 6 heterocycles. The highest BCUT2D eigenvalue weighted by Crippen LogP contribution is 2.25. The van der Waals surface area contributed by atoms with E-state index in [4.69, 9.17) is 5.10 Å². The van der Waals surface area contributed by atoms with E-state index >= 15 is 0 Å². The minimum absolute atomic E-state index is 0.217. The average molecular weight is 536 g/mol. The van der Waals surface area contributed by atoms with Crippen LogP contribution in [-0.4, -0.2) is 92.8 Å². The van der Waals surface area contributed by atoms with Crippen molar-refractivity contribution in [2.45, 2.75) is 13.3 Å². The molecule has 2 saturated heterocycles. The molecule has 1 atom stereocenters. The van der Waals surface area contributed by atoms with Crippen LogP contribution in [0, 0.1) is 12.8 Å². The van der Waals surface area contributed by atoms with E-state index < -0.39 is 9.84 Å². The van der Waals surface area contributed by atoms with Gasteiger partial charge in [0.25, 0.3) is 5.91 Å². The minimum atomic E-state index is -2.87. The number of sulfone groups is 1. The Morgan fingerprint density at radius 3 is 2.68 bits per heavy atom. The molecule has 4 aromatic rings. The fraction of sp³-hybridized carbons (Fsp3) is 0.400. The summed E-state index contributed by atoms with van der Waals surface area (Å²) in [6.45, 7) is 5.92. The third kappa shape index (κ3) is 4.98. The molecule has 0 spiro atoms. The Morgan fingerprint density at radius 1 is 1.11 bits per heavy atom. The predicted octanol–water partition coefficient (Wildman–Crippen LogP) is 1.43. The lowest BCUT2D eigenvalue weighted by molar-refractivity contribution is 0.102. The summed E-state index contributed by atoms with van der Waals surface area (Å²) in [7, 11) is -2.87.